The zero-order valence-electron chi connectivity index (χ0n) is 33.7. The van der Waals surface area contributed by atoms with E-state index >= 15 is 0 Å². The lowest BCUT2D eigenvalue weighted by atomic mass is 9.99. The van der Waals surface area contributed by atoms with Crippen molar-refractivity contribution in [3.63, 3.8) is 0 Å². The zero-order valence-corrected chi connectivity index (χ0v) is 33.7. The van der Waals surface area contributed by atoms with E-state index in [0.717, 1.165) is 87.8 Å². The topological polar surface area (TPSA) is 48.3 Å². The first-order chi connectivity index (χ1) is 31.2. The van der Waals surface area contributed by atoms with Crippen molar-refractivity contribution in [3.05, 3.63) is 194 Å². The number of hydrogen-bond acceptors (Lipinski definition) is 3. The maximum atomic E-state index is 6.73. The summed E-state index contributed by atoms with van der Waals surface area (Å²) in [5, 5.41) is 15.4. The van der Waals surface area contributed by atoms with Crippen LogP contribution in [0.15, 0.2) is 199 Å². The van der Waals surface area contributed by atoms with Crippen LogP contribution in [0.1, 0.15) is 0 Å². The molecule has 63 heavy (non-hydrogen) atoms. The quantitative estimate of drug-likeness (QED) is 0.167. The highest BCUT2D eigenvalue weighted by molar-refractivity contribution is 6.30. The van der Waals surface area contributed by atoms with Crippen molar-refractivity contribution in [2.24, 2.45) is 0 Å². The largest absolute Gasteiger partial charge is 0.456 e. The molecule has 0 aliphatic rings. The SMILES string of the molecule is c1ccc(-c2nc(-n3c4ccccc4c4ccc(-c5ccc6c(c5)oc5cc7ccc8c(c7cc56)c5cccc6c7ccccc7n8c65)cc43)nc3c2ccc2ccccc23)cc1. The molecule has 0 aliphatic heterocycles. The fraction of sp³-hybridized carbons (Fsp3) is 0. The van der Waals surface area contributed by atoms with Crippen LogP contribution in [-0.4, -0.2) is 18.9 Å². The van der Waals surface area contributed by atoms with E-state index in [0.29, 0.717) is 5.95 Å². The number of nitrogens with zero attached hydrogens (tertiary/aromatic N) is 4. The van der Waals surface area contributed by atoms with Gasteiger partial charge in [-0.25, -0.2) is 9.97 Å². The molecule has 290 valence electrons. The van der Waals surface area contributed by atoms with Gasteiger partial charge >= 0.3 is 0 Å². The number of benzene rings is 10. The minimum atomic E-state index is 0.643. The summed E-state index contributed by atoms with van der Waals surface area (Å²) in [6.45, 7) is 0. The van der Waals surface area contributed by atoms with Gasteiger partial charge in [0.2, 0.25) is 5.95 Å². The fourth-order valence-electron chi connectivity index (χ4n) is 10.8. The number of rotatable bonds is 3. The van der Waals surface area contributed by atoms with Crippen LogP contribution < -0.4 is 0 Å². The van der Waals surface area contributed by atoms with Crippen LogP contribution in [0.3, 0.4) is 0 Å². The van der Waals surface area contributed by atoms with Crippen molar-refractivity contribution in [1.82, 2.24) is 18.9 Å². The standard InChI is InChI=1S/C58H32N4O/c1-2-12-34(13-3-1)55-45-27-21-33-11-4-5-14-38(33)56(45)60-58(59-55)62-49-20-9-6-15-39(49)41-25-22-35(29-51(41)62)36-23-26-42-47-32-46-37(31-53(47)63-52(42)30-36)24-28-50-54(46)44-18-10-17-43-40-16-7-8-19-48(40)61(50)57(43)44/h1-32H. The van der Waals surface area contributed by atoms with E-state index < -0.39 is 0 Å². The van der Waals surface area contributed by atoms with E-state index in [4.69, 9.17) is 14.4 Å². The summed E-state index contributed by atoms with van der Waals surface area (Å²) in [5.74, 6) is 0.643. The molecule has 0 spiro atoms. The molecule has 0 saturated heterocycles. The van der Waals surface area contributed by atoms with Gasteiger partial charge in [-0.15, -0.1) is 0 Å². The lowest BCUT2D eigenvalue weighted by Crippen LogP contribution is -2.04. The summed E-state index contributed by atoms with van der Waals surface area (Å²) in [5.41, 5.74) is 12.7. The normalized spacial score (nSPS) is 12.4. The Morgan fingerprint density at radius 1 is 0.349 bits per heavy atom. The van der Waals surface area contributed by atoms with Crippen molar-refractivity contribution < 1.29 is 4.42 Å². The van der Waals surface area contributed by atoms with Gasteiger partial charge in [0.15, 0.2) is 0 Å². The molecule has 15 aromatic rings. The Balaban J connectivity index is 0.930. The Morgan fingerprint density at radius 2 is 1.02 bits per heavy atom. The average molecular weight is 801 g/mol. The average Bonchev–Trinajstić information content (AvgIpc) is 4.08. The Hall–Kier alpha value is -8.54. The molecule has 5 heteroatoms. The van der Waals surface area contributed by atoms with Crippen molar-refractivity contribution in [2.45, 2.75) is 0 Å². The predicted molar refractivity (Wildman–Crippen MR) is 262 cm³/mol. The molecule has 0 saturated carbocycles. The number of aromatic nitrogens is 4. The molecule has 5 aromatic heterocycles. The predicted octanol–water partition coefficient (Wildman–Crippen LogP) is 15.4. The first-order valence-electron chi connectivity index (χ1n) is 21.5. The minimum absolute atomic E-state index is 0.643. The van der Waals surface area contributed by atoms with Crippen molar-refractivity contribution in [3.8, 4) is 28.3 Å². The summed E-state index contributed by atoms with van der Waals surface area (Å²) in [6.07, 6.45) is 0. The van der Waals surface area contributed by atoms with Gasteiger partial charge in [-0.3, -0.25) is 4.57 Å². The van der Waals surface area contributed by atoms with Gasteiger partial charge in [-0.2, -0.15) is 0 Å². The van der Waals surface area contributed by atoms with E-state index in [1.165, 1.54) is 48.9 Å². The highest BCUT2D eigenvalue weighted by Gasteiger charge is 2.22. The van der Waals surface area contributed by atoms with E-state index in [2.05, 4.69) is 197 Å². The van der Waals surface area contributed by atoms with Crippen LogP contribution in [0.5, 0.6) is 0 Å². The van der Waals surface area contributed by atoms with Crippen molar-refractivity contribution in [1.29, 1.82) is 0 Å². The lowest BCUT2D eigenvalue weighted by molar-refractivity contribution is 0.669. The second kappa shape index (κ2) is 12.1. The number of hydrogen-bond donors (Lipinski definition) is 0. The van der Waals surface area contributed by atoms with Gasteiger partial charge < -0.3 is 8.82 Å². The number of para-hydroxylation sites is 3. The summed E-state index contributed by atoms with van der Waals surface area (Å²) < 4.78 is 11.4. The molecule has 10 aromatic carbocycles. The lowest BCUT2D eigenvalue weighted by Gasteiger charge is -2.13. The molecule has 0 N–H and O–H groups in total. The molecular weight excluding hydrogens is 769 g/mol. The van der Waals surface area contributed by atoms with Crippen LogP contribution in [-0.2, 0) is 0 Å². The molecule has 0 fully saturated rings. The molecule has 0 radical (unpaired) electrons. The highest BCUT2D eigenvalue weighted by Crippen LogP contribution is 2.44. The summed E-state index contributed by atoms with van der Waals surface area (Å²) in [7, 11) is 0. The van der Waals surface area contributed by atoms with Crippen LogP contribution >= 0.6 is 0 Å². The molecule has 5 heterocycles. The van der Waals surface area contributed by atoms with Gasteiger partial charge in [0, 0.05) is 59.4 Å². The van der Waals surface area contributed by atoms with Crippen LogP contribution in [0, 0.1) is 0 Å². The summed E-state index contributed by atoms with van der Waals surface area (Å²) in [6, 6.07) is 69.8. The molecular formula is C58H32N4O. The Morgan fingerprint density at radius 3 is 1.90 bits per heavy atom. The maximum absolute atomic E-state index is 6.73. The third-order valence-corrected chi connectivity index (χ3v) is 13.6. The van der Waals surface area contributed by atoms with Gasteiger partial charge in [0.05, 0.1) is 38.8 Å². The Labute approximate surface area is 358 Å². The third-order valence-electron chi connectivity index (χ3n) is 13.6. The fourth-order valence-corrected chi connectivity index (χ4v) is 10.8. The van der Waals surface area contributed by atoms with E-state index in [1.807, 2.05) is 6.07 Å². The van der Waals surface area contributed by atoms with Crippen LogP contribution in [0.4, 0.5) is 0 Å². The Bertz CT molecular complexity index is 4440. The van der Waals surface area contributed by atoms with Crippen molar-refractivity contribution in [2.75, 3.05) is 0 Å². The second-order valence-electron chi connectivity index (χ2n) is 16.9. The van der Waals surface area contributed by atoms with Gasteiger partial charge in [0.1, 0.15) is 11.2 Å². The van der Waals surface area contributed by atoms with Gasteiger partial charge in [-0.1, -0.05) is 140 Å². The first-order valence-corrected chi connectivity index (χ1v) is 21.5. The zero-order chi connectivity index (χ0) is 40.9. The number of furan rings is 1. The van der Waals surface area contributed by atoms with Gasteiger partial charge in [-0.05, 0) is 81.9 Å². The summed E-state index contributed by atoms with van der Waals surface area (Å²) >= 11 is 0. The van der Waals surface area contributed by atoms with Crippen LogP contribution in [0.2, 0.25) is 0 Å². The molecule has 0 amide bonds. The molecule has 5 nitrogen and oxygen atoms in total. The molecule has 0 bridgehead atoms. The van der Waals surface area contributed by atoms with Crippen LogP contribution in [0.25, 0.3) is 143 Å². The van der Waals surface area contributed by atoms with E-state index in [9.17, 15) is 0 Å². The molecule has 15 rings (SSSR count). The number of fused-ring (bicyclic) bond motifs is 17. The Kier molecular flexibility index (Phi) is 6.36. The maximum Gasteiger partial charge on any atom is 0.235 e. The summed E-state index contributed by atoms with van der Waals surface area (Å²) in [4.78, 5) is 10.8. The first kappa shape index (κ1) is 33.2. The smallest absolute Gasteiger partial charge is 0.235 e. The molecule has 0 aliphatic carbocycles. The monoisotopic (exact) mass is 800 g/mol. The highest BCUT2D eigenvalue weighted by atomic mass is 16.3. The van der Waals surface area contributed by atoms with Gasteiger partial charge in [0.25, 0.3) is 0 Å². The van der Waals surface area contributed by atoms with E-state index in [1.54, 1.807) is 0 Å². The van der Waals surface area contributed by atoms with Crippen molar-refractivity contribution >= 4 is 114 Å². The molecule has 0 unspecified atom stereocenters. The molecule has 0 atom stereocenters. The van der Waals surface area contributed by atoms with E-state index in [-0.39, 0.29) is 0 Å². The minimum Gasteiger partial charge on any atom is -0.456 e. The second-order valence-corrected chi connectivity index (χ2v) is 16.9. The third kappa shape index (κ3) is 4.45.